The second kappa shape index (κ2) is 7.43. The molecule has 0 amide bonds. The summed E-state index contributed by atoms with van der Waals surface area (Å²) in [5.74, 6) is 1.66. The van der Waals surface area contributed by atoms with Crippen molar-refractivity contribution in [1.29, 1.82) is 0 Å². The molecule has 0 unspecified atom stereocenters. The molecule has 0 aliphatic heterocycles. The average Bonchev–Trinajstić information content (AvgIpc) is 2.89. The third-order valence-electron chi connectivity index (χ3n) is 3.34. The fourth-order valence-electron chi connectivity index (χ4n) is 2.15. The smallest absolute Gasteiger partial charge is 0.225 e. The van der Waals surface area contributed by atoms with Crippen LogP contribution in [0.2, 0.25) is 0 Å². The number of rotatable bonds is 8. The van der Waals surface area contributed by atoms with Gasteiger partial charge in [0.25, 0.3) is 0 Å². The van der Waals surface area contributed by atoms with Crippen molar-refractivity contribution < 1.29 is 0 Å². The first kappa shape index (κ1) is 15.0. The Balaban J connectivity index is 2.14. The molecule has 0 fully saturated rings. The first-order valence-corrected chi connectivity index (χ1v) is 8.32. The van der Waals surface area contributed by atoms with Gasteiger partial charge < -0.3 is 10.6 Å². The molecule has 0 aliphatic rings. The Morgan fingerprint density at radius 3 is 2.70 bits per heavy atom. The molecule has 2 heterocycles. The molecule has 20 heavy (non-hydrogen) atoms. The van der Waals surface area contributed by atoms with Crippen LogP contribution in [0.15, 0.2) is 6.07 Å². The second-order valence-electron chi connectivity index (χ2n) is 4.92. The highest BCUT2D eigenvalue weighted by Crippen LogP contribution is 2.30. The minimum Gasteiger partial charge on any atom is -0.369 e. The van der Waals surface area contributed by atoms with Gasteiger partial charge in [0, 0.05) is 18.5 Å². The second-order valence-corrected chi connectivity index (χ2v) is 6.03. The van der Waals surface area contributed by atoms with Gasteiger partial charge in [-0.15, -0.1) is 11.3 Å². The minimum absolute atomic E-state index is 0.693. The number of nitrogens with zero attached hydrogens (tertiary/aromatic N) is 2. The summed E-state index contributed by atoms with van der Waals surface area (Å²) >= 11 is 1.76. The van der Waals surface area contributed by atoms with Crippen LogP contribution in [0.5, 0.6) is 0 Å². The molecule has 2 aromatic heterocycles. The van der Waals surface area contributed by atoms with E-state index < -0.39 is 0 Å². The van der Waals surface area contributed by atoms with Gasteiger partial charge in [-0.2, -0.15) is 4.98 Å². The van der Waals surface area contributed by atoms with Gasteiger partial charge in [-0.1, -0.05) is 33.1 Å². The summed E-state index contributed by atoms with van der Waals surface area (Å²) in [6.45, 7) is 5.39. The standard InChI is InChI=1S/C15H24N4S/c1-4-6-7-8-9-17-13-12-10-11(5-2)20-14(12)19-15(16-3)18-13/h10H,4-9H2,1-3H3,(H2,16,17,18,19). The summed E-state index contributed by atoms with van der Waals surface area (Å²) in [6.07, 6.45) is 6.10. The molecule has 2 aromatic rings. The number of thiophene rings is 1. The molecule has 0 bridgehead atoms. The highest BCUT2D eigenvalue weighted by molar-refractivity contribution is 7.18. The summed E-state index contributed by atoms with van der Waals surface area (Å²) in [7, 11) is 1.86. The lowest BCUT2D eigenvalue weighted by molar-refractivity contribution is 0.684. The molecular weight excluding hydrogens is 268 g/mol. The maximum Gasteiger partial charge on any atom is 0.225 e. The number of hydrogen-bond donors (Lipinski definition) is 2. The van der Waals surface area contributed by atoms with Crippen LogP contribution in [0, 0.1) is 0 Å². The molecule has 0 aliphatic carbocycles. The fraction of sp³-hybridized carbons (Fsp3) is 0.600. The average molecular weight is 292 g/mol. The number of nitrogens with one attached hydrogen (secondary N) is 2. The van der Waals surface area contributed by atoms with Crippen molar-refractivity contribution in [2.75, 3.05) is 24.2 Å². The third-order valence-corrected chi connectivity index (χ3v) is 4.51. The summed E-state index contributed by atoms with van der Waals surface area (Å²) < 4.78 is 0. The zero-order chi connectivity index (χ0) is 14.4. The van der Waals surface area contributed by atoms with Crippen molar-refractivity contribution in [3.8, 4) is 0 Å². The first-order chi connectivity index (χ1) is 9.78. The molecule has 0 aromatic carbocycles. The molecular formula is C15H24N4S. The van der Waals surface area contributed by atoms with Crippen LogP contribution in [0.4, 0.5) is 11.8 Å². The minimum atomic E-state index is 0.693. The third kappa shape index (κ3) is 3.60. The molecule has 2 N–H and O–H groups in total. The van der Waals surface area contributed by atoms with Crippen LogP contribution in [-0.2, 0) is 6.42 Å². The van der Waals surface area contributed by atoms with Gasteiger partial charge in [-0.25, -0.2) is 4.98 Å². The molecule has 0 radical (unpaired) electrons. The number of aryl methyl sites for hydroxylation is 1. The predicted molar refractivity (Wildman–Crippen MR) is 89.0 cm³/mol. The Kier molecular flexibility index (Phi) is 5.59. The maximum atomic E-state index is 4.56. The van der Waals surface area contributed by atoms with E-state index >= 15 is 0 Å². The zero-order valence-corrected chi connectivity index (χ0v) is 13.4. The van der Waals surface area contributed by atoms with E-state index in [-0.39, 0.29) is 0 Å². The molecule has 0 saturated heterocycles. The van der Waals surface area contributed by atoms with Crippen LogP contribution in [0.25, 0.3) is 10.2 Å². The van der Waals surface area contributed by atoms with E-state index in [1.54, 1.807) is 11.3 Å². The van der Waals surface area contributed by atoms with Gasteiger partial charge >= 0.3 is 0 Å². The number of fused-ring (bicyclic) bond motifs is 1. The van der Waals surface area contributed by atoms with E-state index in [4.69, 9.17) is 0 Å². The van der Waals surface area contributed by atoms with Crippen molar-refractivity contribution >= 4 is 33.3 Å². The van der Waals surface area contributed by atoms with Gasteiger partial charge in [0.05, 0.1) is 5.39 Å². The number of aromatic nitrogens is 2. The molecule has 0 spiro atoms. The number of unbranched alkanes of at least 4 members (excludes halogenated alkanes) is 3. The fourth-order valence-corrected chi connectivity index (χ4v) is 3.12. The van der Waals surface area contributed by atoms with Gasteiger partial charge in [0.15, 0.2) is 0 Å². The Morgan fingerprint density at radius 2 is 2.00 bits per heavy atom. The Labute approximate surface area is 125 Å². The number of hydrogen-bond acceptors (Lipinski definition) is 5. The largest absolute Gasteiger partial charge is 0.369 e. The van der Waals surface area contributed by atoms with E-state index in [9.17, 15) is 0 Å². The van der Waals surface area contributed by atoms with E-state index in [2.05, 4.69) is 40.5 Å². The lowest BCUT2D eigenvalue weighted by atomic mass is 10.2. The van der Waals surface area contributed by atoms with Crippen molar-refractivity contribution in [3.05, 3.63) is 10.9 Å². The van der Waals surface area contributed by atoms with Crippen LogP contribution in [0.1, 0.15) is 44.4 Å². The SMILES string of the molecule is CCCCCCNc1nc(NC)nc2sc(CC)cc12. The highest BCUT2D eigenvalue weighted by atomic mass is 32.1. The molecule has 5 heteroatoms. The normalized spacial score (nSPS) is 10.9. The summed E-state index contributed by atoms with van der Waals surface area (Å²) in [4.78, 5) is 11.5. The van der Waals surface area contributed by atoms with Gasteiger partial charge in [0.1, 0.15) is 10.6 Å². The van der Waals surface area contributed by atoms with Crippen LogP contribution >= 0.6 is 11.3 Å². The van der Waals surface area contributed by atoms with Crippen LogP contribution in [-0.4, -0.2) is 23.6 Å². The lowest BCUT2D eigenvalue weighted by Gasteiger charge is -2.08. The summed E-state index contributed by atoms with van der Waals surface area (Å²) in [6, 6.07) is 2.22. The highest BCUT2D eigenvalue weighted by Gasteiger charge is 2.10. The Bertz CT molecular complexity index is 550. The maximum absolute atomic E-state index is 4.56. The van der Waals surface area contributed by atoms with Crippen molar-refractivity contribution in [3.63, 3.8) is 0 Å². The lowest BCUT2D eigenvalue weighted by Crippen LogP contribution is -2.06. The van der Waals surface area contributed by atoms with E-state index in [0.29, 0.717) is 5.95 Å². The van der Waals surface area contributed by atoms with Gasteiger partial charge in [0.2, 0.25) is 5.95 Å². The van der Waals surface area contributed by atoms with Gasteiger partial charge in [-0.3, -0.25) is 0 Å². The molecule has 4 nitrogen and oxygen atoms in total. The summed E-state index contributed by atoms with van der Waals surface area (Å²) in [5, 5.41) is 7.67. The molecule has 2 rings (SSSR count). The Hall–Kier alpha value is -1.36. The van der Waals surface area contributed by atoms with Crippen LogP contribution < -0.4 is 10.6 Å². The topological polar surface area (TPSA) is 49.8 Å². The monoisotopic (exact) mass is 292 g/mol. The zero-order valence-electron chi connectivity index (χ0n) is 12.6. The van der Waals surface area contributed by atoms with Crippen molar-refractivity contribution in [2.24, 2.45) is 0 Å². The predicted octanol–water partition coefficient (Wildman–Crippen LogP) is 4.29. The van der Waals surface area contributed by atoms with E-state index in [1.165, 1.54) is 30.6 Å². The first-order valence-electron chi connectivity index (χ1n) is 7.50. The van der Waals surface area contributed by atoms with Crippen molar-refractivity contribution in [1.82, 2.24) is 9.97 Å². The van der Waals surface area contributed by atoms with Gasteiger partial charge in [-0.05, 0) is 18.9 Å². The van der Waals surface area contributed by atoms with Crippen LogP contribution in [0.3, 0.4) is 0 Å². The quantitative estimate of drug-likeness (QED) is 0.713. The Morgan fingerprint density at radius 1 is 1.15 bits per heavy atom. The molecule has 110 valence electrons. The summed E-state index contributed by atoms with van der Waals surface area (Å²) in [5.41, 5.74) is 0. The number of anilines is 2. The van der Waals surface area contributed by atoms with E-state index in [1.807, 2.05) is 7.05 Å². The molecule has 0 atom stereocenters. The van der Waals surface area contributed by atoms with Crippen molar-refractivity contribution in [2.45, 2.75) is 46.0 Å². The molecule has 0 saturated carbocycles. The van der Waals surface area contributed by atoms with E-state index in [0.717, 1.165) is 29.0 Å².